The molecule has 0 aliphatic carbocycles. The Bertz CT molecular complexity index is 105. The Morgan fingerprint density at radius 3 is 3.11 bits per heavy atom. The minimum absolute atomic E-state index is 0.0164. The number of methoxy groups -OCH3 is 1. The second kappa shape index (κ2) is 2.68. The molecule has 0 aromatic carbocycles. The normalized spacial score (nSPS) is 26.8. The highest BCUT2D eigenvalue weighted by Gasteiger charge is 2.17. The first-order valence-electron chi connectivity index (χ1n) is 2.76. The molecule has 1 N–H and O–H groups in total. The minimum atomic E-state index is -0.358. The Balaban J connectivity index is 2.26. The summed E-state index contributed by atoms with van der Waals surface area (Å²) < 4.78 is 9.51. The van der Waals surface area contributed by atoms with E-state index in [1.54, 1.807) is 7.11 Å². The molecule has 4 heteroatoms. The smallest absolute Gasteiger partial charge is 0.407 e. The van der Waals surface area contributed by atoms with Crippen LogP contribution in [0.2, 0.25) is 0 Å². The van der Waals surface area contributed by atoms with Crippen molar-refractivity contribution < 1.29 is 14.3 Å². The molecule has 0 saturated carbocycles. The van der Waals surface area contributed by atoms with Crippen molar-refractivity contribution in [3.63, 3.8) is 0 Å². The molecular weight excluding hydrogens is 122 g/mol. The molecule has 52 valence electrons. The summed E-state index contributed by atoms with van der Waals surface area (Å²) in [5.74, 6) is 0. The van der Waals surface area contributed by atoms with Crippen LogP contribution in [0.1, 0.15) is 0 Å². The molecule has 9 heavy (non-hydrogen) atoms. The molecule has 1 amide bonds. The Labute approximate surface area is 53.1 Å². The van der Waals surface area contributed by atoms with E-state index in [1.165, 1.54) is 0 Å². The van der Waals surface area contributed by atoms with Gasteiger partial charge in [-0.1, -0.05) is 0 Å². The lowest BCUT2D eigenvalue weighted by Gasteiger charge is -2.20. The molecule has 0 spiro atoms. The standard InChI is InChI=1S/C5H9NO3/c1-8-4-2-6-5(7)9-3-4/h4H,2-3H2,1H3,(H,6,7). The van der Waals surface area contributed by atoms with E-state index in [1.807, 2.05) is 0 Å². The second-order valence-corrected chi connectivity index (χ2v) is 1.84. The largest absolute Gasteiger partial charge is 0.447 e. The number of ether oxygens (including phenoxy) is 2. The van der Waals surface area contributed by atoms with Crippen molar-refractivity contribution in [1.82, 2.24) is 5.32 Å². The summed E-state index contributed by atoms with van der Waals surface area (Å²) in [7, 11) is 1.59. The molecule has 1 fully saturated rings. The molecule has 1 heterocycles. The number of rotatable bonds is 1. The van der Waals surface area contributed by atoms with Gasteiger partial charge in [0.05, 0.1) is 6.54 Å². The number of carbonyl (C=O) groups excluding carboxylic acids is 1. The molecule has 1 atom stereocenters. The third-order valence-corrected chi connectivity index (χ3v) is 1.21. The van der Waals surface area contributed by atoms with Gasteiger partial charge in [0.15, 0.2) is 0 Å². The Morgan fingerprint density at radius 1 is 1.89 bits per heavy atom. The van der Waals surface area contributed by atoms with Gasteiger partial charge in [0.1, 0.15) is 12.7 Å². The molecule has 1 rings (SSSR count). The van der Waals surface area contributed by atoms with Gasteiger partial charge in [0.2, 0.25) is 0 Å². The van der Waals surface area contributed by atoms with Crippen molar-refractivity contribution in [2.75, 3.05) is 20.3 Å². The lowest BCUT2D eigenvalue weighted by atomic mass is 10.3. The van der Waals surface area contributed by atoms with Gasteiger partial charge in [-0.05, 0) is 0 Å². The average Bonchev–Trinajstić information content (AvgIpc) is 1.90. The summed E-state index contributed by atoms with van der Waals surface area (Å²) >= 11 is 0. The minimum Gasteiger partial charge on any atom is -0.447 e. The Kier molecular flexibility index (Phi) is 1.89. The first kappa shape index (κ1) is 6.35. The van der Waals surface area contributed by atoms with Crippen LogP contribution >= 0.6 is 0 Å². The van der Waals surface area contributed by atoms with Crippen LogP contribution in [-0.2, 0) is 9.47 Å². The van der Waals surface area contributed by atoms with Crippen LogP contribution in [0.3, 0.4) is 0 Å². The number of hydrogen-bond donors (Lipinski definition) is 1. The van der Waals surface area contributed by atoms with Crippen molar-refractivity contribution in [3.8, 4) is 0 Å². The molecular formula is C5H9NO3. The van der Waals surface area contributed by atoms with Crippen LogP contribution in [0.25, 0.3) is 0 Å². The Hall–Kier alpha value is -0.770. The van der Waals surface area contributed by atoms with Gasteiger partial charge in [-0.15, -0.1) is 0 Å². The molecule has 0 radical (unpaired) electrons. The summed E-state index contributed by atoms with van der Waals surface area (Å²) in [6, 6.07) is 0. The SMILES string of the molecule is COC1CNC(=O)OC1. The third kappa shape index (κ3) is 1.57. The summed E-state index contributed by atoms with van der Waals surface area (Å²) in [5, 5.41) is 2.50. The van der Waals surface area contributed by atoms with Crippen molar-refractivity contribution in [2.45, 2.75) is 6.10 Å². The van der Waals surface area contributed by atoms with Crippen LogP contribution in [0.15, 0.2) is 0 Å². The van der Waals surface area contributed by atoms with Crippen molar-refractivity contribution in [1.29, 1.82) is 0 Å². The molecule has 0 aromatic heterocycles. The van der Waals surface area contributed by atoms with E-state index >= 15 is 0 Å². The average molecular weight is 131 g/mol. The zero-order valence-corrected chi connectivity index (χ0v) is 5.22. The van der Waals surface area contributed by atoms with E-state index in [9.17, 15) is 4.79 Å². The fourth-order valence-corrected chi connectivity index (χ4v) is 0.627. The lowest BCUT2D eigenvalue weighted by Crippen LogP contribution is -2.42. The van der Waals surface area contributed by atoms with E-state index in [-0.39, 0.29) is 12.2 Å². The summed E-state index contributed by atoms with van der Waals surface area (Å²) in [6.07, 6.45) is -0.342. The monoisotopic (exact) mass is 131 g/mol. The maximum absolute atomic E-state index is 10.3. The molecule has 4 nitrogen and oxygen atoms in total. The van der Waals surface area contributed by atoms with Gasteiger partial charge < -0.3 is 14.8 Å². The first-order chi connectivity index (χ1) is 4.33. The van der Waals surface area contributed by atoms with Gasteiger partial charge in [-0.3, -0.25) is 0 Å². The number of alkyl carbamates (subject to hydrolysis) is 1. The van der Waals surface area contributed by atoms with Gasteiger partial charge in [0.25, 0.3) is 0 Å². The number of cyclic esters (lactones) is 1. The highest BCUT2D eigenvalue weighted by Crippen LogP contribution is 1.95. The quantitative estimate of drug-likeness (QED) is 0.533. The highest BCUT2D eigenvalue weighted by molar-refractivity contribution is 5.67. The number of amides is 1. The molecule has 1 aliphatic rings. The highest BCUT2D eigenvalue weighted by atomic mass is 16.6. The molecule has 1 saturated heterocycles. The Morgan fingerprint density at radius 2 is 2.67 bits per heavy atom. The number of nitrogens with one attached hydrogen (secondary N) is 1. The van der Waals surface area contributed by atoms with E-state index < -0.39 is 0 Å². The predicted molar refractivity (Wildman–Crippen MR) is 30.1 cm³/mol. The lowest BCUT2D eigenvalue weighted by molar-refractivity contribution is 0.0146. The van der Waals surface area contributed by atoms with Gasteiger partial charge in [-0.2, -0.15) is 0 Å². The number of hydrogen-bond acceptors (Lipinski definition) is 3. The van der Waals surface area contributed by atoms with Crippen molar-refractivity contribution in [3.05, 3.63) is 0 Å². The van der Waals surface area contributed by atoms with E-state index in [2.05, 4.69) is 10.1 Å². The fraction of sp³-hybridized carbons (Fsp3) is 0.800. The van der Waals surface area contributed by atoms with E-state index in [0.717, 1.165) is 0 Å². The summed E-state index contributed by atoms with van der Waals surface area (Å²) in [6.45, 7) is 0.914. The van der Waals surface area contributed by atoms with Crippen LogP contribution in [0.5, 0.6) is 0 Å². The maximum Gasteiger partial charge on any atom is 0.407 e. The first-order valence-corrected chi connectivity index (χ1v) is 2.76. The zero-order valence-electron chi connectivity index (χ0n) is 5.22. The van der Waals surface area contributed by atoms with Crippen LogP contribution in [0.4, 0.5) is 4.79 Å². The summed E-state index contributed by atoms with van der Waals surface area (Å²) in [5.41, 5.74) is 0. The zero-order chi connectivity index (χ0) is 6.69. The molecule has 1 unspecified atom stereocenters. The van der Waals surface area contributed by atoms with E-state index in [4.69, 9.17) is 4.74 Å². The molecule has 1 aliphatic heterocycles. The van der Waals surface area contributed by atoms with Gasteiger partial charge >= 0.3 is 6.09 Å². The number of carbonyl (C=O) groups is 1. The van der Waals surface area contributed by atoms with Crippen LogP contribution in [-0.4, -0.2) is 32.5 Å². The second-order valence-electron chi connectivity index (χ2n) is 1.84. The molecule has 0 bridgehead atoms. The van der Waals surface area contributed by atoms with E-state index in [0.29, 0.717) is 13.2 Å². The predicted octanol–water partition coefficient (Wildman–Crippen LogP) is -0.259. The van der Waals surface area contributed by atoms with Crippen LogP contribution in [0, 0.1) is 0 Å². The van der Waals surface area contributed by atoms with Gasteiger partial charge in [-0.25, -0.2) is 4.79 Å². The summed E-state index contributed by atoms with van der Waals surface area (Å²) in [4.78, 5) is 10.3. The van der Waals surface area contributed by atoms with Crippen molar-refractivity contribution >= 4 is 6.09 Å². The van der Waals surface area contributed by atoms with Gasteiger partial charge in [0, 0.05) is 7.11 Å². The third-order valence-electron chi connectivity index (χ3n) is 1.21. The topological polar surface area (TPSA) is 47.6 Å². The maximum atomic E-state index is 10.3. The molecule has 0 aromatic rings. The van der Waals surface area contributed by atoms with Crippen LogP contribution < -0.4 is 5.32 Å². The fourth-order valence-electron chi connectivity index (χ4n) is 0.627. The van der Waals surface area contributed by atoms with Crippen molar-refractivity contribution in [2.24, 2.45) is 0 Å².